The largest absolute Gasteiger partial charge is 0.356 e. The third-order valence-electron chi connectivity index (χ3n) is 6.75. The van der Waals surface area contributed by atoms with Crippen LogP contribution in [-0.4, -0.2) is 39.0 Å². The number of amides is 1. The number of likely N-dealkylation sites (tertiary alicyclic amines) is 1. The number of benzene rings is 1. The average molecular weight is 437 g/mol. The van der Waals surface area contributed by atoms with Gasteiger partial charge < -0.3 is 9.42 Å². The molecule has 3 heterocycles. The molecular formula is C24H25ClN4O2. The monoisotopic (exact) mass is 436 g/mol. The fourth-order valence-corrected chi connectivity index (χ4v) is 5.08. The van der Waals surface area contributed by atoms with E-state index in [1.807, 2.05) is 42.2 Å². The van der Waals surface area contributed by atoms with Gasteiger partial charge in [-0.1, -0.05) is 35.3 Å². The van der Waals surface area contributed by atoms with Crippen LogP contribution in [0.3, 0.4) is 0 Å². The second kappa shape index (κ2) is 8.08. The first-order valence-electron chi connectivity index (χ1n) is 10.9. The molecule has 0 N–H and O–H groups in total. The molecule has 1 atom stereocenters. The Morgan fingerprint density at radius 2 is 2.03 bits per heavy atom. The zero-order valence-corrected chi connectivity index (χ0v) is 18.3. The molecule has 0 radical (unpaired) electrons. The summed E-state index contributed by atoms with van der Waals surface area (Å²) < 4.78 is 5.48. The molecule has 2 aliphatic rings. The maximum Gasteiger partial charge on any atom is 0.233 e. The van der Waals surface area contributed by atoms with Gasteiger partial charge in [-0.2, -0.15) is 0 Å². The van der Waals surface area contributed by atoms with Crippen LogP contribution in [0.1, 0.15) is 55.0 Å². The molecule has 6 nitrogen and oxygen atoms in total. The molecular weight excluding hydrogens is 412 g/mol. The van der Waals surface area contributed by atoms with Gasteiger partial charge in [0, 0.05) is 36.3 Å². The van der Waals surface area contributed by atoms with Crippen molar-refractivity contribution in [1.82, 2.24) is 20.0 Å². The van der Waals surface area contributed by atoms with Crippen LogP contribution in [0.5, 0.6) is 0 Å². The molecule has 1 saturated carbocycles. The third kappa shape index (κ3) is 3.63. The van der Waals surface area contributed by atoms with E-state index < -0.39 is 5.41 Å². The molecule has 160 valence electrons. The van der Waals surface area contributed by atoms with Crippen molar-refractivity contribution in [2.75, 3.05) is 13.1 Å². The molecule has 5 rings (SSSR count). The van der Waals surface area contributed by atoms with Gasteiger partial charge in [0.1, 0.15) is 6.33 Å². The summed E-state index contributed by atoms with van der Waals surface area (Å²) >= 11 is 6.09. The first-order valence-corrected chi connectivity index (χ1v) is 11.2. The van der Waals surface area contributed by atoms with Crippen molar-refractivity contribution in [3.05, 3.63) is 64.8 Å². The lowest BCUT2D eigenvalue weighted by Crippen LogP contribution is -2.53. The highest BCUT2D eigenvalue weighted by molar-refractivity contribution is 6.30. The highest BCUT2D eigenvalue weighted by Crippen LogP contribution is 2.46. The SMILES string of the molecule is Cc1cc(-c2cncnc2[C@H]2CCCN(C(=O)C3(c4ccc(Cl)cc4)CCC3)C2)on1. The number of hydrogen-bond donors (Lipinski definition) is 0. The van der Waals surface area contributed by atoms with Crippen LogP contribution >= 0.6 is 11.6 Å². The Balaban J connectivity index is 1.41. The van der Waals surface area contributed by atoms with Crippen molar-refractivity contribution in [2.24, 2.45) is 0 Å². The van der Waals surface area contributed by atoms with E-state index in [0.717, 1.165) is 61.2 Å². The Labute approximate surface area is 186 Å². The number of carbonyl (C=O) groups excluding carboxylic acids is 1. The summed E-state index contributed by atoms with van der Waals surface area (Å²) in [4.78, 5) is 24.6. The topological polar surface area (TPSA) is 72.1 Å². The number of piperidine rings is 1. The fourth-order valence-electron chi connectivity index (χ4n) is 4.96. The smallest absolute Gasteiger partial charge is 0.233 e. The van der Waals surface area contributed by atoms with Gasteiger partial charge in [0.2, 0.25) is 5.91 Å². The Hall–Kier alpha value is -2.73. The number of hydrogen-bond acceptors (Lipinski definition) is 5. The van der Waals surface area contributed by atoms with Gasteiger partial charge in [0.05, 0.1) is 22.4 Å². The standard InChI is InChI=1S/C24H25ClN4O2/c1-16-12-21(31-28-16)20-13-26-15-27-22(20)17-4-2-11-29(14-17)23(30)24(9-3-10-24)18-5-7-19(25)8-6-18/h5-8,12-13,15,17H,2-4,9-11,14H2,1H3/t17-/m0/s1. The Kier molecular flexibility index (Phi) is 5.26. The molecule has 1 amide bonds. The fraction of sp³-hybridized carbons (Fsp3) is 0.417. The van der Waals surface area contributed by atoms with Crippen molar-refractivity contribution in [2.45, 2.75) is 50.4 Å². The molecule has 2 aromatic heterocycles. The Bertz CT molecular complexity index is 1090. The molecule has 7 heteroatoms. The second-order valence-corrected chi connectivity index (χ2v) is 9.12. The molecule has 1 aliphatic carbocycles. The normalized spacial score (nSPS) is 20.3. The number of aromatic nitrogens is 3. The van der Waals surface area contributed by atoms with Crippen LogP contribution < -0.4 is 0 Å². The van der Waals surface area contributed by atoms with Crippen LogP contribution in [0.15, 0.2) is 47.4 Å². The van der Waals surface area contributed by atoms with Gasteiger partial charge in [0.25, 0.3) is 0 Å². The number of aryl methyl sites for hydroxylation is 1. The van der Waals surface area contributed by atoms with E-state index in [1.54, 1.807) is 12.5 Å². The lowest BCUT2D eigenvalue weighted by Gasteiger charge is -2.46. The van der Waals surface area contributed by atoms with Gasteiger partial charge >= 0.3 is 0 Å². The van der Waals surface area contributed by atoms with Crippen molar-refractivity contribution in [3.63, 3.8) is 0 Å². The van der Waals surface area contributed by atoms with Gasteiger partial charge in [-0.15, -0.1) is 0 Å². The summed E-state index contributed by atoms with van der Waals surface area (Å²) in [5.74, 6) is 1.05. The highest BCUT2D eigenvalue weighted by Gasteiger charge is 2.48. The first-order chi connectivity index (χ1) is 15.1. The Morgan fingerprint density at radius 3 is 2.71 bits per heavy atom. The lowest BCUT2D eigenvalue weighted by molar-refractivity contribution is -0.142. The zero-order valence-electron chi connectivity index (χ0n) is 17.6. The van der Waals surface area contributed by atoms with E-state index in [9.17, 15) is 4.79 Å². The Morgan fingerprint density at radius 1 is 1.23 bits per heavy atom. The molecule has 0 unspecified atom stereocenters. The summed E-state index contributed by atoms with van der Waals surface area (Å²) in [7, 11) is 0. The van der Waals surface area contributed by atoms with Crippen molar-refractivity contribution >= 4 is 17.5 Å². The summed E-state index contributed by atoms with van der Waals surface area (Å²) in [6.45, 7) is 3.34. The molecule has 0 spiro atoms. The van der Waals surface area contributed by atoms with Crippen LogP contribution in [-0.2, 0) is 10.2 Å². The average Bonchev–Trinajstić information content (AvgIpc) is 3.20. The predicted octanol–water partition coefficient (Wildman–Crippen LogP) is 4.92. The molecule has 0 bridgehead atoms. The summed E-state index contributed by atoms with van der Waals surface area (Å²) in [5, 5.41) is 4.71. The third-order valence-corrected chi connectivity index (χ3v) is 7.00. The van der Waals surface area contributed by atoms with Gasteiger partial charge in [0.15, 0.2) is 5.76 Å². The number of halogens is 1. The lowest BCUT2D eigenvalue weighted by atomic mass is 9.63. The highest BCUT2D eigenvalue weighted by atomic mass is 35.5. The molecule has 1 aliphatic heterocycles. The summed E-state index contributed by atoms with van der Waals surface area (Å²) in [6, 6.07) is 9.69. The van der Waals surface area contributed by atoms with E-state index in [0.29, 0.717) is 17.3 Å². The zero-order chi connectivity index (χ0) is 21.4. The maximum atomic E-state index is 13.8. The molecule has 3 aromatic rings. The van der Waals surface area contributed by atoms with Crippen LogP contribution in [0.4, 0.5) is 0 Å². The van der Waals surface area contributed by atoms with Crippen LogP contribution in [0.2, 0.25) is 5.02 Å². The molecule has 1 aromatic carbocycles. The van der Waals surface area contributed by atoms with Crippen molar-refractivity contribution < 1.29 is 9.32 Å². The second-order valence-electron chi connectivity index (χ2n) is 8.69. The maximum absolute atomic E-state index is 13.8. The summed E-state index contributed by atoms with van der Waals surface area (Å²) in [6.07, 6.45) is 8.15. The van der Waals surface area contributed by atoms with E-state index in [2.05, 4.69) is 15.1 Å². The van der Waals surface area contributed by atoms with Crippen LogP contribution in [0, 0.1) is 6.92 Å². The van der Waals surface area contributed by atoms with Crippen molar-refractivity contribution in [1.29, 1.82) is 0 Å². The molecule has 1 saturated heterocycles. The van der Waals surface area contributed by atoms with E-state index in [-0.39, 0.29) is 11.8 Å². The van der Waals surface area contributed by atoms with Crippen molar-refractivity contribution in [3.8, 4) is 11.3 Å². The minimum Gasteiger partial charge on any atom is -0.356 e. The minimum absolute atomic E-state index is 0.142. The first kappa shape index (κ1) is 20.2. The van der Waals surface area contributed by atoms with E-state index in [4.69, 9.17) is 16.1 Å². The minimum atomic E-state index is -0.414. The van der Waals surface area contributed by atoms with Crippen LogP contribution in [0.25, 0.3) is 11.3 Å². The van der Waals surface area contributed by atoms with E-state index >= 15 is 0 Å². The quantitative estimate of drug-likeness (QED) is 0.580. The number of nitrogens with zero attached hydrogens (tertiary/aromatic N) is 4. The number of carbonyl (C=O) groups is 1. The van der Waals surface area contributed by atoms with E-state index in [1.165, 1.54) is 0 Å². The van der Waals surface area contributed by atoms with Gasteiger partial charge in [-0.05, 0) is 50.3 Å². The predicted molar refractivity (Wildman–Crippen MR) is 118 cm³/mol. The summed E-state index contributed by atoms with van der Waals surface area (Å²) in [5.41, 5.74) is 3.27. The molecule has 2 fully saturated rings. The number of rotatable bonds is 4. The van der Waals surface area contributed by atoms with Gasteiger partial charge in [-0.3, -0.25) is 4.79 Å². The van der Waals surface area contributed by atoms with Gasteiger partial charge in [-0.25, -0.2) is 9.97 Å². The molecule has 31 heavy (non-hydrogen) atoms.